The number of rotatable bonds is 8. The van der Waals surface area contributed by atoms with Crippen LogP contribution in [0.4, 0.5) is 0 Å². The van der Waals surface area contributed by atoms with Gasteiger partial charge in [-0.3, -0.25) is 9.59 Å². The van der Waals surface area contributed by atoms with Gasteiger partial charge in [-0.1, -0.05) is 63.7 Å². The van der Waals surface area contributed by atoms with Crippen LogP contribution in [-0.2, 0) is 16.1 Å². The molecular formula is C20H20BrCl3N2O3. The highest BCUT2D eigenvalue weighted by Crippen LogP contribution is 2.28. The van der Waals surface area contributed by atoms with Crippen molar-refractivity contribution in [3.8, 4) is 5.75 Å². The molecule has 1 N–H and O–H groups in total. The third-order valence-corrected chi connectivity index (χ3v) is 5.74. The Morgan fingerprint density at radius 3 is 2.41 bits per heavy atom. The number of nitrogens with one attached hydrogen (secondary N) is 1. The summed E-state index contributed by atoms with van der Waals surface area (Å²) < 4.78 is 6.40. The molecule has 0 aliphatic carbocycles. The molecule has 2 rings (SSSR count). The van der Waals surface area contributed by atoms with Crippen LogP contribution in [-0.4, -0.2) is 36.4 Å². The first-order valence-corrected chi connectivity index (χ1v) is 10.7. The van der Waals surface area contributed by atoms with Gasteiger partial charge in [-0.2, -0.15) is 0 Å². The van der Waals surface area contributed by atoms with E-state index in [1.807, 2.05) is 6.92 Å². The molecule has 5 nitrogen and oxygen atoms in total. The summed E-state index contributed by atoms with van der Waals surface area (Å²) in [4.78, 5) is 26.8. The maximum atomic E-state index is 13.0. The largest absolute Gasteiger partial charge is 0.482 e. The lowest BCUT2D eigenvalue weighted by atomic mass is 10.1. The molecule has 29 heavy (non-hydrogen) atoms. The minimum atomic E-state index is -0.661. The van der Waals surface area contributed by atoms with Gasteiger partial charge >= 0.3 is 0 Å². The number of hydrogen-bond acceptors (Lipinski definition) is 3. The minimum Gasteiger partial charge on any atom is -0.482 e. The molecule has 2 aromatic carbocycles. The number of ether oxygens (including phenoxy) is 1. The molecule has 0 saturated heterocycles. The smallest absolute Gasteiger partial charge is 0.261 e. The normalized spacial score (nSPS) is 11.7. The monoisotopic (exact) mass is 520 g/mol. The van der Waals surface area contributed by atoms with Gasteiger partial charge in [-0.05, 0) is 42.3 Å². The van der Waals surface area contributed by atoms with Gasteiger partial charge in [0.2, 0.25) is 5.91 Å². The molecule has 0 spiro atoms. The second kappa shape index (κ2) is 11.1. The van der Waals surface area contributed by atoms with Crippen molar-refractivity contribution in [3.05, 3.63) is 61.5 Å². The molecule has 2 amide bonds. The lowest BCUT2D eigenvalue weighted by Crippen LogP contribution is -2.49. The standard InChI is InChI=1S/C20H20BrCl3N2O3/c1-3-17(20(28)25-2)26(10-12-4-6-14(22)15(23)8-12)19(27)11-29-18-7-5-13(21)9-16(18)24/h4-9,17H,3,10-11H2,1-2H3,(H,25,28). The van der Waals surface area contributed by atoms with Crippen molar-refractivity contribution in [1.29, 1.82) is 0 Å². The van der Waals surface area contributed by atoms with E-state index in [9.17, 15) is 9.59 Å². The molecule has 0 heterocycles. The number of hydrogen-bond donors (Lipinski definition) is 1. The fraction of sp³-hybridized carbons (Fsp3) is 0.300. The third kappa shape index (κ3) is 6.51. The fourth-order valence-electron chi connectivity index (χ4n) is 2.74. The first kappa shape index (κ1) is 23.8. The Morgan fingerprint density at radius 2 is 1.83 bits per heavy atom. The van der Waals surface area contributed by atoms with Crippen LogP contribution >= 0.6 is 50.7 Å². The van der Waals surface area contributed by atoms with Crippen LogP contribution < -0.4 is 10.1 Å². The van der Waals surface area contributed by atoms with Crippen LogP contribution in [0, 0.1) is 0 Å². The van der Waals surface area contributed by atoms with Crippen LogP contribution in [0.3, 0.4) is 0 Å². The van der Waals surface area contributed by atoms with Gasteiger partial charge < -0.3 is 15.0 Å². The van der Waals surface area contributed by atoms with E-state index in [0.29, 0.717) is 27.2 Å². The predicted octanol–water partition coefficient (Wildman–Crippen LogP) is 5.34. The van der Waals surface area contributed by atoms with Crippen molar-refractivity contribution < 1.29 is 14.3 Å². The molecule has 2 aromatic rings. The Balaban J connectivity index is 2.23. The van der Waals surface area contributed by atoms with Gasteiger partial charge in [-0.25, -0.2) is 0 Å². The van der Waals surface area contributed by atoms with Crippen molar-refractivity contribution in [2.45, 2.75) is 25.9 Å². The second-order valence-corrected chi connectivity index (χ2v) is 8.31. The van der Waals surface area contributed by atoms with E-state index < -0.39 is 6.04 Å². The number of carbonyl (C=O) groups excluding carboxylic acids is 2. The van der Waals surface area contributed by atoms with E-state index in [1.54, 1.807) is 36.4 Å². The molecule has 0 aliphatic heterocycles. The molecule has 0 bridgehead atoms. The van der Waals surface area contributed by atoms with E-state index in [-0.39, 0.29) is 25.0 Å². The van der Waals surface area contributed by atoms with E-state index in [4.69, 9.17) is 39.5 Å². The Morgan fingerprint density at radius 1 is 1.10 bits per heavy atom. The number of amides is 2. The van der Waals surface area contributed by atoms with E-state index in [2.05, 4.69) is 21.2 Å². The Bertz CT molecular complexity index is 895. The van der Waals surface area contributed by atoms with Crippen molar-refractivity contribution in [3.63, 3.8) is 0 Å². The molecule has 9 heteroatoms. The zero-order valence-electron chi connectivity index (χ0n) is 15.8. The summed E-state index contributed by atoms with van der Waals surface area (Å²) in [7, 11) is 1.53. The average Bonchev–Trinajstić information content (AvgIpc) is 2.69. The van der Waals surface area contributed by atoms with Crippen molar-refractivity contribution in [1.82, 2.24) is 10.2 Å². The fourth-order valence-corrected chi connectivity index (χ4v) is 3.78. The average molecular weight is 523 g/mol. The van der Waals surface area contributed by atoms with Crippen LogP contribution in [0.2, 0.25) is 15.1 Å². The van der Waals surface area contributed by atoms with Crippen molar-refractivity contribution in [2.75, 3.05) is 13.7 Å². The molecule has 1 unspecified atom stereocenters. The number of carbonyl (C=O) groups is 2. The molecule has 156 valence electrons. The van der Waals surface area contributed by atoms with Gasteiger partial charge in [0.25, 0.3) is 5.91 Å². The molecule has 0 saturated carbocycles. The summed E-state index contributed by atoms with van der Waals surface area (Å²) in [5.74, 6) is -0.237. The highest BCUT2D eigenvalue weighted by molar-refractivity contribution is 9.10. The Hall–Kier alpha value is -1.47. The summed E-state index contributed by atoms with van der Waals surface area (Å²) in [6.07, 6.45) is 0.436. The quantitative estimate of drug-likeness (QED) is 0.509. The zero-order valence-corrected chi connectivity index (χ0v) is 19.7. The van der Waals surface area contributed by atoms with E-state index in [0.717, 1.165) is 10.0 Å². The first-order chi connectivity index (χ1) is 13.8. The first-order valence-electron chi connectivity index (χ1n) is 8.79. The Labute approximate surface area is 193 Å². The van der Waals surface area contributed by atoms with Crippen molar-refractivity contribution >= 4 is 62.5 Å². The molecule has 0 fully saturated rings. The van der Waals surface area contributed by atoms with Crippen LogP contribution in [0.25, 0.3) is 0 Å². The van der Waals surface area contributed by atoms with Crippen molar-refractivity contribution in [2.24, 2.45) is 0 Å². The SMILES string of the molecule is CCC(C(=O)NC)N(Cc1ccc(Cl)c(Cl)c1)C(=O)COc1ccc(Br)cc1Cl. The number of nitrogens with zero attached hydrogens (tertiary/aromatic N) is 1. The summed E-state index contributed by atoms with van der Waals surface area (Å²) in [5.41, 5.74) is 0.747. The second-order valence-electron chi connectivity index (χ2n) is 6.17. The molecule has 1 atom stereocenters. The third-order valence-electron chi connectivity index (χ3n) is 4.21. The highest BCUT2D eigenvalue weighted by atomic mass is 79.9. The lowest BCUT2D eigenvalue weighted by Gasteiger charge is -2.30. The number of halogens is 4. The van der Waals surface area contributed by atoms with Crippen LogP contribution in [0.1, 0.15) is 18.9 Å². The summed E-state index contributed by atoms with van der Waals surface area (Å²) in [6.45, 7) is 1.75. The zero-order chi connectivity index (χ0) is 21.6. The van der Waals surface area contributed by atoms with Gasteiger partial charge in [0.15, 0.2) is 6.61 Å². The maximum absolute atomic E-state index is 13.0. The molecule has 0 radical (unpaired) electrons. The maximum Gasteiger partial charge on any atom is 0.261 e. The molecular weight excluding hydrogens is 502 g/mol. The molecule has 0 aliphatic rings. The topological polar surface area (TPSA) is 58.6 Å². The van der Waals surface area contributed by atoms with Gasteiger partial charge in [0, 0.05) is 18.1 Å². The Kier molecular flexibility index (Phi) is 9.08. The highest BCUT2D eigenvalue weighted by Gasteiger charge is 2.28. The number of benzene rings is 2. The van der Waals surface area contributed by atoms with Gasteiger partial charge in [0.05, 0.1) is 15.1 Å². The van der Waals surface area contributed by atoms with Crippen LogP contribution in [0.15, 0.2) is 40.9 Å². The van der Waals surface area contributed by atoms with Crippen LogP contribution in [0.5, 0.6) is 5.75 Å². The predicted molar refractivity (Wildman–Crippen MR) is 120 cm³/mol. The van der Waals surface area contributed by atoms with E-state index in [1.165, 1.54) is 11.9 Å². The van der Waals surface area contributed by atoms with E-state index >= 15 is 0 Å². The molecule has 0 aromatic heterocycles. The summed E-state index contributed by atoms with van der Waals surface area (Å²) in [6, 6.07) is 9.53. The lowest BCUT2D eigenvalue weighted by molar-refractivity contribution is -0.142. The number of likely N-dealkylation sites (N-methyl/N-ethyl adjacent to an activating group) is 1. The van der Waals surface area contributed by atoms with Gasteiger partial charge in [0.1, 0.15) is 11.8 Å². The summed E-state index contributed by atoms with van der Waals surface area (Å²) >= 11 is 21.5. The minimum absolute atomic E-state index is 0.180. The summed E-state index contributed by atoms with van der Waals surface area (Å²) in [5, 5.41) is 3.77. The van der Waals surface area contributed by atoms with Gasteiger partial charge in [-0.15, -0.1) is 0 Å².